The second kappa shape index (κ2) is 10.6. The van der Waals surface area contributed by atoms with Crippen LogP contribution in [0, 0.1) is 0 Å². The van der Waals surface area contributed by atoms with Crippen LogP contribution in [0.2, 0.25) is 0 Å². The van der Waals surface area contributed by atoms with Gasteiger partial charge in [0.2, 0.25) is 0 Å². The Labute approximate surface area is 146 Å². The lowest BCUT2D eigenvalue weighted by Gasteiger charge is -2.27. The van der Waals surface area contributed by atoms with Crippen LogP contribution in [0.4, 0.5) is 0 Å². The number of hydrogen-bond donors (Lipinski definition) is 2. The lowest BCUT2D eigenvalue weighted by atomic mass is 10.1. The number of halogens is 1. The quantitative estimate of drug-likeness (QED) is 0.409. The van der Waals surface area contributed by atoms with Crippen molar-refractivity contribution in [3.63, 3.8) is 0 Å². The Kier molecular flexibility index (Phi) is 9.59. The third-order valence-corrected chi connectivity index (χ3v) is 4.57. The molecule has 1 unspecified atom stereocenters. The average molecular weight is 409 g/mol. The van der Waals surface area contributed by atoms with Crippen LogP contribution in [0.3, 0.4) is 0 Å². The summed E-state index contributed by atoms with van der Waals surface area (Å²) in [5.41, 5.74) is 0. The molecular formula is C15H32IN5. The van der Waals surface area contributed by atoms with Gasteiger partial charge in [0.1, 0.15) is 0 Å². The van der Waals surface area contributed by atoms with E-state index in [1.807, 2.05) is 7.05 Å². The highest BCUT2D eigenvalue weighted by atomic mass is 127. The van der Waals surface area contributed by atoms with Crippen molar-refractivity contribution in [3.8, 4) is 0 Å². The molecule has 2 rings (SSSR count). The van der Waals surface area contributed by atoms with Crippen molar-refractivity contribution >= 4 is 29.9 Å². The predicted molar refractivity (Wildman–Crippen MR) is 101 cm³/mol. The van der Waals surface area contributed by atoms with Gasteiger partial charge in [-0.2, -0.15) is 0 Å². The topological polar surface area (TPSA) is 42.9 Å². The maximum absolute atomic E-state index is 4.31. The SMILES string of the molecule is CN=C(NCCN1CCCCC1)NCC1CCCN1C.I. The van der Waals surface area contributed by atoms with Crippen molar-refractivity contribution in [2.75, 3.05) is 53.4 Å². The number of nitrogens with one attached hydrogen (secondary N) is 2. The van der Waals surface area contributed by atoms with Gasteiger partial charge >= 0.3 is 0 Å². The predicted octanol–water partition coefficient (Wildman–Crippen LogP) is 1.35. The number of likely N-dealkylation sites (tertiary alicyclic amines) is 2. The molecule has 0 aromatic heterocycles. The fraction of sp³-hybridized carbons (Fsp3) is 0.933. The van der Waals surface area contributed by atoms with Crippen molar-refractivity contribution in [1.82, 2.24) is 20.4 Å². The molecule has 0 saturated carbocycles. The molecule has 6 heteroatoms. The Morgan fingerprint density at radius 1 is 1.10 bits per heavy atom. The molecule has 0 aromatic rings. The van der Waals surface area contributed by atoms with E-state index in [1.165, 1.54) is 51.7 Å². The number of hydrogen-bond acceptors (Lipinski definition) is 3. The first-order valence-corrected chi connectivity index (χ1v) is 8.16. The molecule has 2 N–H and O–H groups in total. The molecule has 0 radical (unpaired) electrons. The summed E-state index contributed by atoms with van der Waals surface area (Å²) in [6.45, 7) is 6.87. The van der Waals surface area contributed by atoms with Gasteiger partial charge in [-0.3, -0.25) is 4.99 Å². The van der Waals surface area contributed by atoms with Gasteiger partial charge in [0, 0.05) is 32.7 Å². The van der Waals surface area contributed by atoms with E-state index in [2.05, 4.69) is 32.5 Å². The molecule has 2 saturated heterocycles. The van der Waals surface area contributed by atoms with Crippen LogP contribution in [0.1, 0.15) is 32.1 Å². The summed E-state index contributed by atoms with van der Waals surface area (Å²) in [5.74, 6) is 0.947. The van der Waals surface area contributed by atoms with E-state index in [0.29, 0.717) is 6.04 Å². The van der Waals surface area contributed by atoms with Crippen molar-refractivity contribution in [3.05, 3.63) is 0 Å². The minimum atomic E-state index is 0. The maximum atomic E-state index is 4.31. The molecule has 1 atom stereocenters. The summed E-state index contributed by atoms with van der Waals surface area (Å²) in [4.78, 5) is 9.30. The van der Waals surface area contributed by atoms with E-state index in [0.717, 1.165) is 25.6 Å². The second-order valence-electron chi connectivity index (χ2n) is 6.06. The number of rotatable bonds is 5. The Balaban J connectivity index is 0.00000220. The molecule has 0 aliphatic carbocycles. The number of nitrogens with zero attached hydrogens (tertiary/aromatic N) is 3. The number of aliphatic imine (C=N–C) groups is 1. The summed E-state index contributed by atoms with van der Waals surface area (Å²) < 4.78 is 0. The van der Waals surface area contributed by atoms with Gasteiger partial charge in [0.15, 0.2) is 5.96 Å². The van der Waals surface area contributed by atoms with Gasteiger partial charge in [-0.25, -0.2) is 0 Å². The molecule has 2 heterocycles. The van der Waals surface area contributed by atoms with Crippen LogP contribution in [-0.2, 0) is 0 Å². The molecule has 0 amide bonds. The van der Waals surface area contributed by atoms with Gasteiger partial charge in [0.25, 0.3) is 0 Å². The summed E-state index contributed by atoms with van der Waals surface area (Å²) in [5, 5.41) is 6.89. The second-order valence-corrected chi connectivity index (χ2v) is 6.06. The Hall–Kier alpha value is -0.0800. The molecule has 21 heavy (non-hydrogen) atoms. The third-order valence-electron chi connectivity index (χ3n) is 4.57. The number of guanidine groups is 1. The van der Waals surface area contributed by atoms with E-state index in [-0.39, 0.29) is 24.0 Å². The molecule has 2 aliphatic rings. The largest absolute Gasteiger partial charge is 0.355 e. The minimum absolute atomic E-state index is 0. The molecule has 5 nitrogen and oxygen atoms in total. The third kappa shape index (κ3) is 6.69. The summed E-state index contributed by atoms with van der Waals surface area (Å²) in [6.07, 6.45) is 6.75. The van der Waals surface area contributed by atoms with Gasteiger partial charge < -0.3 is 20.4 Å². The zero-order valence-electron chi connectivity index (χ0n) is 13.6. The number of likely N-dealkylation sites (N-methyl/N-ethyl adjacent to an activating group) is 1. The highest BCUT2D eigenvalue weighted by Gasteiger charge is 2.20. The highest BCUT2D eigenvalue weighted by Crippen LogP contribution is 2.13. The number of piperidine rings is 1. The van der Waals surface area contributed by atoms with E-state index in [4.69, 9.17) is 0 Å². The first kappa shape index (κ1) is 19.0. The molecule has 0 aromatic carbocycles. The van der Waals surface area contributed by atoms with Crippen LogP contribution in [0.5, 0.6) is 0 Å². The average Bonchev–Trinajstić information content (AvgIpc) is 2.89. The Bertz CT molecular complexity index is 304. The molecule has 2 aliphatic heterocycles. The first-order valence-electron chi connectivity index (χ1n) is 8.16. The van der Waals surface area contributed by atoms with Crippen molar-refractivity contribution < 1.29 is 0 Å². The smallest absolute Gasteiger partial charge is 0.191 e. The van der Waals surface area contributed by atoms with Crippen molar-refractivity contribution in [2.45, 2.75) is 38.1 Å². The van der Waals surface area contributed by atoms with E-state index < -0.39 is 0 Å². The highest BCUT2D eigenvalue weighted by molar-refractivity contribution is 14.0. The first-order chi connectivity index (χ1) is 9.79. The van der Waals surface area contributed by atoms with E-state index in [1.54, 1.807) is 0 Å². The van der Waals surface area contributed by atoms with Crippen LogP contribution in [0.15, 0.2) is 4.99 Å². The lowest BCUT2D eigenvalue weighted by Crippen LogP contribution is -2.46. The standard InChI is InChI=1S/C15H31N5.HI/c1-16-15(18-13-14-7-6-9-19(14)2)17-8-12-20-10-4-3-5-11-20;/h14H,3-13H2,1-2H3,(H2,16,17,18);1H. The summed E-state index contributed by atoms with van der Waals surface area (Å²) in [6, 6.07) is 0.663. The zero-order chi connectivity index (χ0) is 14.2. The van der Waals surface area contributed by atoms with Crippen molar-refractivity contribution in [1.29, 1.82) is 0 Å². The van der Waals surface area contributed by atoms with Gasteiger partial charge in [-0.15, -0.1) is 24.0 Å². The molecule has 0 spiro atoms. The summed E-state index contributed by atoms with van der Waals surface area (Å²) in [7, 11) is 4.07. The van der Waals surface area contributed by atoms with Gasteiger partial charge in [-0.1, -0.05) is 6.42 Å². The van der Waals surface area contributed by atoms with E-state index >= 15 is 0 Å². The fourth-order valence-electron chi connectivity index (χ4n) is 3.19. The monoisotopic (exact) mass is 409 g/mol. The minimum Gasteiger partial charge on any atom is -0.355 e. The molecule has 124 valence electrons. The Morgan fingerprint density at radius 3 is 2.48 bits per heavy atom. The zero-order valence-corrected chi connectivity index (χ0v) is 15.9. The molecule has 2 fully saturated rings. The van der Waals surface area contributed by atoms with Crippen LogP contribution < -0.4 is 10.6 Å². The van der Waals surface area contributed by atoms with Gasteiger partial charge in [0.05, 0.1) is 0 Å². The van der Waals surface area contributed by atoms with Crippen molar-refractivity contribution in [2.24, 2.45) is 4.99 Å². The van der Waals surface area contributed by atoms with Crippen LogP contribution >= 0.6 is 24.0 Å². The van der Waals surface area contributed by atoms with Crippen LogP contribution in [0.25, 0.3) is 0 Å². The summed E-state index contributed by atoms with van der Waals surface area (Å²) >= 11 is 0. The van der Waals surface area contributed by atoms with Gasteiger partial charge in [-0.05, 0) is 52.4 Å². The molecular weight excluding hydrogens is 377 g/mol. The lowest BCUT2D eigenvalue weighted by molar-refractivity contribution is 0.232. The van der Waals surface area contributed by atoms with E-state index in [9.17, 15) is 0 Å². The Morgan fingerprint density at radius 2 is 1.86 bits per heavy atom. The fourth-order valence-corrected chi connectivity index (χ4v) is 3.19. The normalized spacial score (nSPS) is 24.7. The molecule has 0 bridgehead atoms. The maximum Gasteiger partial charge on any atom is 0.191 e. The van der Waals surface area contributed by atoms with Crippen LogP contribution in [-0.4, -0.2) is 75.2 Å².